The first-order valence-corrected chi connectivity index (χ1v) is 7.08. The van der Waals surface area contributed by atoms with E-state index in [9.17, 15) is 14.4 Å². The zero-order valence-corrected chi connectivity index (χ0v) is 11.7. The molecule has 1 aliphatic rings. The van der Waals surface area contributed by atoms with Gasteiger partial charge in [-0.3, -0.25) is 14.4 Å². The first-order valence-electron chi connectivity index (χ1n) is 7.08. The van der Waals surface area contributed by atoms with Gasteiger partial charge in [-0.15, -0.1) is 0 Å². The molecule has 114 valence electrons. The van der Waals surface area contributed by atoms with E-state index in [0.717, 1.165) is 19.3 Å². The third-order valence-corrected chi connectivity index (χ3v) is 3.73. The molecular formula is C14H22O6. The lowest BCUT2D eigenvalue weighted by atomic mass is 9.75. The molecule has 1 saturated carbocycles. The number of carboxylic acid groups (broad SMARTS) is 2. The SMILES string of the molecule is CCCCCOC(=O)C1CC(C(=O)O)CC(C(=O)O)C1. The summed E-state index contributed by atoms with van der Waals surface area (Å²) in [6, 6.07) is 0. The van der Waals surface area contributed by atoms with E-state index in [-0.39, 0.29) is 19.3 Å². The molecular weight excluding hydrogens is 264 g/mol. The molecule has 2 unspecified atom stereocenters. The van der Waals surface area contributed by atoms with Gasteiger partial charge in [-0.05, 0) is 25.7 Å². The molecule has 2 atom stereocenters. The summed E-state index contributed by atoms with van der Waals surface area (Å²) in [6.07, 6.45) is 3.19. The Balaban J connectivity index is 2.55. The highest BCUT2D eigenvalue weighted by Crippen LogP contribution is 2.34. The Morgan fingerprint density at radius 1 is 0.950 bits per heavy atom. The van der Waals surface area contributed by atoms with E-state index >= 15 is 0 Å². The first kappa shape index (κ1) is 16.5. The van der Waals surface area contributed by atoms with Crippen LogP contribution in [0.1, 0.15) is 45.4 Å². The molecule has 0 aromatic heterocycles. The average Bonchev–Trinajstić information content (AvgIpc) is 2.42. The summed E-state index contributed by atoms with van der Waals surface area (Å²) < 4.78 is 5.11. The molecule has 0 amide bonds. The van der Waals surface area contributed by atoms with Gasteiger partial charge < -0.3 is 14.9 Å². The van der Waals surface area contributed by atoms with Crippen molar-refractivity contribution in [2.24, 2.45) is 17.8 Å². The van der Waals surface area contributed by atoms with E-state index in [1.54, 1.807) is 0 Å². The average molecular weight is 286 g/mol. The molecule has 0 spiro atoms. The fraction of sp³-hybridized carbons (Fsp3) is 0.786. The quantitative estimate of drug-likeness (QED) is 0.547. The summed E-state index contributed by atoms with van der Waals surface area (Å²) in [4.78, 5) is 34.0. The third-order valence-electron chi connectivity index (χ3n) is 3.73. The Kier molecular flexibility index (Phi) is 6.48. The van der Waals surface area contributed by atoms with Crippen molar-refractivity contribution in [1.82, 2.24) is 0 Å². The number of rotatable bonds is 7. The molecule has 1 rings (SSSR count). The molecule has 1 fully saturated rings. The number of aliphatic carboxylic acids is 2. The van der Waals surface area contributed by atoms with Crippen LogP contribution in [0, 0.1) is 17.8 Å². The molecule has 0 heterocycles. The lowest BCUT2D eigenvalue weighted by molar-refractivity contribution is -0.156. The number of unbranched alkanes of at least 4 members (excludes halogenated alkanes) is 2. The molecule has 20 heavy (non-hydrogen) atoms. The maximum atomic E-state index is 11.9. The van der Waals surface area contributed by atoms with Crippen molar-refractivity contribution in [3.63, 3.8) is 0 Å². The molecule has 6 nitrogen and oxygen atoms in total. The van der Waals surface area contributed by atoms with E-state index in [1.165, 1.54) is 0 Å². The molecule has 0 saturated heterocycles. The second kappa shape index (κ2) is 7.87. The van der Waals surface area contributed by atoms with Gasteiger partial charge in [-0.25, -0.2) is 0 Å². The summed E-state index contributed by atoms with van der Waals surface area (Å²) in [5.41, 5.74) is 0. The van der Waals surface area contributed by atoms with E-state index in [4.69, 9.17) is 14.9 Å². The Morgan fingerprint density at radius 3 is 1.90 bits per heavy atom. The van der Waals surface area contributed by atoms with Gasteiger partial charge in [-0.1, -0.05) is 19.8 Å². The van der Waals surface area contributed by atoms with Crippen LogP contribution in [0.25, 0.3) is 0 Å². The van der Waals surface area contributed by atoms with E-state index in [2.05, 4.69) is 0 Å². The van der Waals surface area contributed by atoms with Crippen LogP contribution in [0.4, 0.5) is 0 Å². The van der Waals surface area contributed by atoms with E-state index in [1.807, 2.05) is 6.92 Å². The Bertz CT molecular complexity index is 343. The highest BCUT2D eigenvalue weighted by Gasteiger charge is 2.39. The summed E-state index contributed by atoms with van der Waals surface area (Å²) >= 11 is 0. The van der Waals surface area contributed by atoms with E-state index in [0.29, 0.717) is 6.61 Å². The van der Waals surface area contributed by atoms with Gasteiger partial charge >= 0.3 is 17.9 Å². The van der Waals surface area contributed by atoms with Crippen LogP contribution in [0.2, 0.25) is 0 Å². The maximum Gasteiger partial charge on any atom is 0.308 e. The van der Waals surface area contributed by atoms with Gasteiger partial charge in [0.1, 0.15) is 0 Å². The van der Waals surface area contributed by atoms with Crippen LogP contribution < -0.4 is 0 Å². The Morgan fingerprint density at radius 2 is 1.45 bits per heavy atom. The standard InChI is InChI=1S/C14H22O6/c1-2-3-4-5-20-14(19)11-7-9(12(15)16)6-10(8-11)13(17)18/h9-11H,2-8H2,1H3,(H,15,16)(H,17,18). The van der Waals surface area contributed by atoms with Crippen molar-refractivity contribution in [2.45, 2.75) is 45.4 Å². The van der Waals surface area contributed by atoms with Crippen LogP contribution in [0.15, 0.2) is 0 Å². The van der Waals surface area contributed by atoms with Crippen molar-refractivity contribution in [3.05, 3.63) is 0 Å². The summed E-state index contributed by atoms with van der Waals surface area (Å²) in [7, 11) is 0. The van der Waals surface area contributed by atoms with Crippen LogP contribution in [0.5, 0.6) is 0 Å². The Labute approximate surface area is 118 Å². The minimum absolute atomic E-state index is 0.0876. The number of hydrogen-bond donors (Lipinski definition) is 2. The molecule has 0 aromatic carbocycles. The second-order valence-electron chi connectivity index (χ2n) is 5.35. The highest BCUT2D eigenvalue weighted by atomic mass is 16.5. The molecule has 0 bridgehead atoms. The van der Waals surface area contributed by atoms with Crippen LogP contribution in [0.3, 0.4) is 0 Å². The lowest BCUT2D eigenvalue weighted by Gasteiger charge is -2.29. The van der Waals surface area contributed by atoms with Crippen molar-refractivity contribution < 1.29 is 29.3 Å². The van der Waals surface area contributed by atoms with Crippen molar-refractivity contribution >= 4 is 17.9 Å². The second-order valence-corrected chi connectivity index (χ2v) is 5.35. The van der Waals surface area contributed by atoms with Crippen LogP contribution >= 0.6 is 0 Å². The number of esters is 1. The third kappa shape index (κ3) is 4.83. The van der Waals surface area contributed by atoms with Crippen LogP contribution in [-0.4, -0.2) is 34.7 Å². The number of carbonyl (C=O) groups excluding carboxylic acids is 1. The topological polar surface area (TPSA) is 101 Å². The molecule has 0 aliphatic heterocycles. The molecule has 6 heteroatoms. The molecule has 2 N–H and O–H groups in total. The zero-order chi connectivity index (χ0) is 15.1. The van der Waals surface area contributed by atoms with Gasteiger partial charge in [-0.2, -0.15) is 0 Å². The monoisotopic (exact) mass is 286 g/mol. The minimum atomic E-state index is -1.04. The van der Waals surface area contributed by atoms with Gasteiger partial charge in [0.2, 0.25) is 0 Å². The lowest BCUT2D eigenvalue weighted by Crippen LogP contribution is -2.35. The Hall–Kier alpha value is -1.59. The van der Waals surface area contributed by atoms with Gasteiger partial charge in [0, 0.05) is 0 Å². The number of carbonyl (C=O) groups is 3. The fourth-order valence-corrected chi connectivity index (χ4v) is 2.56. The van der Waals surface area contributed by atoms with Crippen molar-refractivity contribution in [2.75, 3.05) is 6.61 Å². The van der Waals surface area contributed by atoms with Crippen molar-refractivity contribution in [1.29, 1.82) is 0 Å². The fourth-order valence-electron chi connectivity index (χ4n) is 2.56. The van der Waals surface area contributed by atoms with Gasteiger partial charge in [0.15, 0.2) is 0 Å². The predicted molar refractivity (Wildman–Crippen MR) is 70.1 cm³/mol. The number of hydrogen-bond acceptors (Lipinski definition) is 4. The molecule has 0 aromatic rings. The first-order chi connectivity index (χ1) is 9.45. The largest absolute Gasteiger partial charge is 0.481 e. The predicted octanol–water partition coefficient (Wildman–Crippen LogP) is 1.92. The minimum Gasteiger partial charge on any atom is -0.481 e. The number of ether oxygens (including phenoxy) is 1. The van der Waals surface area contributed by atoms with Crippen LogP contribution in [-0.2, 0) is 19.1 Å². The van der Waals surface area contributed by atoms with E-state index < -0.39 is 35.7 Å². The normalized spacial score (nSPS) is 25.9. The summed E-state index contributed by atoms with van der Waals surface area (Å²) in [5.74, 6) is -4.72. The zero-order valence-electron chi connectivity index (χ0n) is 11.7. The molecule has 0 radical (unpaired) electrons. The molecule has 1 aliphatic carbocycles. The van der Waals surface area contributed by atoms with Gasteiger partial charge in [0.25, 0.3) is 0 Å². The van der Waals surface area contributed by atoms with Crippen molar-refractivity contribution in [3.8, 4) is 0 Å². The smallest absolute Gasteiger partial charge is 0.308 e. The maximum absolute atomic E-state index is 11.9. The summed E-state index contributed by atoms with van der Waals surface area (Å²) in [5, 5.41) is 18.1. The van der Waals surface area contributed by atoms with Gasteiger partial charge in [0.05, 0.1) is 24.4 Å². The number of carboxylic acids is 2. The highest BCUT2D eigenvalue weighted by molar-refractivity contribution is 5.79. The summed E-state index contributed by atoms with van der Waals surface area (Å²) in [6.45, 7) is 2.36.